The molecule has 1 aliphatic heterocycles. The Morgan fingerprint density at radius 2 is 1.84 bits per heavy atom. The molecule has 0 atom stereocenters. The number of nitrogens with zero attached hydrogens (tertiary/aromatic N) is 7. The van der Waals surface area contributed by atoms with Gasteiger partial charge >= 0.3 is 0 Å². The number of hydrogen-bond acceptors (Lipinski definition) is 7. The number of nitrogens with one attached hydrogen (secondary N) is 2. The number of fused-ring (bicyclic) bond motifs is 1. The smallest absolute Gasteiger partial charge is 0.223 e. The Morgan fingerprint density at radius 3 is 2.56 bits per heavy atom. The number of aromatic nitrogens is 7. The number of halogens is 2. The molecule has 0 radical (unpaired) electrons. The standard InChI is InChI=1S/C21H19F2N9/c22-16-5-12-3-14(4-13(12)6-17(16)23)28-21-25-2-1-18(29-21)20-26-7-19(30-20)31-8-15(9-31)32-11-24-10-27-32/h1-2,5-7,10-11,14-15H,3-4,8-9H2,(H,26,30)(H,25,28,29). The van der Waals surface area contributed by atoms with E-state index in [2.05, 4.69) is 40.2 Å². The number of aromatic amines is 1. The summed E-state index contributed by atoms with van der Waals surface area (Å²) in [4.78, 5) is 22.8. The van der Waals surface area contributed by atoms with Crippen LogP contribution >= 0.6 is 0 Å². The van der Waals surface area contributed by atoms with Crippen molar-refractivity contribution in [2.75, 3.05) is 23.3 Å². The van der Waals surface area contributed by atoms with Crippen LogP contribution in [0.5, 0.6) is 0 Å². The first-order chi connectivity index (χ1) is 15.6. The van der Waals surface area contributed by atoms with E-state index in [1.807, 2.05) is 4.68 Å². The second-order valence-electron chi connectivity index (χ2n) is 8.10. The van der Waals surface area contributed by atoms with Crippen molar-refractivity contribution < 1.29 is 8.78 Å². The summed E-state index contributed by atoms with van der Waals surface area (Å²) in [6.45, 7) is 1.65. The van der Waals surface area contributed by atoms with E-state index >= 15 is 0 Å². The van der Waals surface area contributed by atoms with Gasteiger partial charge in [-0.2, -0.15) is 5.10 Å². The monoisotopic (exact) mass is 435 g/mol. The van der Waals surface area contributed by atoms with E-state index in [-0.39, 0.29) is 6.04 Å². The van der Waals surface area contributed by atoms with Crippen LogP contribution in [0.3, 0.4) is 0 Å². The Morgan fingerprint density at radius 1 is 1.06 bits per heavy atom. The Balaban J connectivity index is 1.13. The molecule has 4 aromatic rings. The van der Waals surface area contributed by atoms with Crippen LogP contribution in [0.4, 0.5) is 20.5 Å². The molecule has 0 bridgehead atoms. The fourth-order valence-electron chi connectivity index (χ4n) is 4.28. The minimum atomic E-state index is -0.814. The normalized spacial score (nSPS) is 16.2. The molecule has 2 N–H and O–H groups in total. The lowest BCUT2D eigenvalue weighted by Crippen LogP contribution is -2.48. The van der Waals surface area contributed by atoms with E-state index in [0.717, 1.165) is 30.0 Å². The maximum absolute atomic E-state index is 13.5. The van der Waals surface area contributed by atoms with Gasteiger partial charge in [-0.05, 0) is 42.2 Å². The summed E-state index contributed by atoms with van der Waals surface area (Å²) >= 11 is 0. The molecule has 9 nitrogen and oxygen atoms in total. The number of anilines is 2. The summed E-state index contributed by atoms with van der Waals surface area (Å²) in [5.74, 6) is 0.389. The van der Waals surface area contributed by atoms with Gasteiger partial charge in [-0.15, -0.1) is 0 Å². The van der Waals surface area contributed by atoms with Gasteiger partial charge in [0.1, 0.15) is 24.2 Å². The average molecular weight is 435 g/mol. The maximum atomic E-state index is 13.5. The van der Waals surface area contributed by atoms with Crippen LogP contribution < -0.4 is 10.2 Å². The summed E-state index contributed by atoms with van der Waals surface area (Å²) in [6.07, 6.45) is 7.90. The number of rotatable bonds is 5. The first-order valence-electron chi connectivity index (χ1n) is 10.3. The van der Waals surface area contributed by atoms with E-state index in [1.54, 1.807) is 31.1 Å². The average Bonchev–Trinajstić information content (AvgIpc) is 3.49. The van der Waals surface area contributed by atoms with Crippen molar-refractivity contribution in [1.82, 2.24) is 34.7 Å². The van der Waals surface area contributed by atoms with Crippen molar-refractivity contribution in [2.24, 2.45) is 0 Å². The molecular weight excluding hydrogens is 416 g/mol. The molecule has 0 spiro atoms. The highest BCUT2D eigenvalue weighted by atomic mass is 19.2. The van der Waals surface area contributed by atoms with Crippen molar-refractivity contribution in [3.8, 4) is 11.5 Å². The van der Waals surface area contributed by atoms with Crippen molar-refractivity contribution >= 4 is 11.8 Å². The van der Waals surface area contributed by atoms with Gasteiger partial charge in [0.05, 0.1) is 12.2 Å². The number of imidazole rings is 1. The Labute approximate surface area is 181 Å². The lowest BCUT2D eigenvalue weighted by atomic mass is 10.1. The lowest BCUT2D eigenvalue weighted by molar-refractivity contribution is 0.365. The first-order valence-corrected chi connectivity index (χ1v) is 10.3. The van der Waals surface area contributed by atoms with E-state index in [9.17, 15) is 8.78 Å². The van der Waals surface area contributed by atoms with Crippen LogP contribution in [0.15, 0.2) is 43.2 Å². The molecule has 1 saturated heterocycles. The molecule has 1 aromatic carbocycles. The van der Waals surface area contributed by atoms with Crippen LogP contribution in [-0.2, 0) is 12.8 Å². The minimum Gasteiger partial charge on any atom is -0.352 e. The van der Waals surface area contributed by atoms with Crippen molar-refractivity contribution in [2.45, 2.75) is 24.9 Å². The second kappa shape index (κ2) is 7.36. The third-order valence-corrected chi connectivity index (χ3v) is 5.98. The maximum Gasteiger partial charge on any atom is 0.223 e. The quantitative estimate of drug-likeness (QED) is 0.496. The van der Waals surface area contributed by atoms with E-state index in [1.165, 1.54) is 12.1 Å². The van der Waals surface area contributed by atoms with Crippen molar-refractivity contribution in [1.29, 1.82) is 0 Å². The molecule has 0 saturated carbocycles. The SMILES string of the molecule is Fc1cc2c(cc1F)CC(Nc1nccc(-c3ncc(N4CC(n5cncn5)C4)[nH]3)n1)C2. The highest BCUT2D eigenvalue weighted by Crippen LogP contribution is 2.28. The summed E-state index contributed by atoms with van der Waals surface area (Å²) in [7, 11) is 0. The first kappa shape index (κ1) is 18.8. The summed E-state index contributed by atoms with van der Waals surface area (Å²) in [6, 6.07) is 4.62. The zero-order chi connectivity index (χ0) is 21.7. The van der Waals surface area contributed by atoms with Crippen LogP contribution in [0.25, 0.3) is 11.5 Å². The largest absolute Gasteiger partial charge is 0.352 e. The predicted octanol–water partition coefficient (Wildman–Crippen LogP) is 2.38. The molecular formula is C21H19F2N9. The molecule has 11 heteroatoms. The Bertz CT molecular complexity index is 1230. The van der Waals surface area contributed by atoms with Crippen molar-refractivity contribution in [3.05, 3.63) is 66.0 Å². The van der Waals surface area contributed by atoms with Crippen LogP contribution in [-0.4, -0.2) is 53.8 Å². The van der Waals surface area contributed by atoms with Crippen molar-refractivity contribution in [3.63, 3.8) is 0 Å². The van der Waals surface area contributed by atoms with Gasteiger partial charge in [0.15, 0.2) is 17.5 Å². The number of H-pyrrole nitrogens is 1. The van der Waals surface area contributed by atoms with Gasteiger partial charge < -0.3 is 15.2 Å². The van der Waals surface area contributed by atoms with Crippen LogP contribution in [0, 0.1) is 11.6 Å². The van der Waals surface area contributed by atoms with Crippen LogP contribution in [0.2, 0.25) is 0 Å². The van der Waals surface area contributed by atoms with Gasteiger partial charge in [-0.1, -0.05) is 0 Å². The molecule has 0 unspecified atom stereocenters. The molecule has 32 heavy (non-hydrogen) atoms. The summed E-state index contributed by atoms with van der Waals surface area (Å²) < 4.78 is 28.9. The molecule has 4 heterocycles. The third kappa shape index (κ3) is 3.35. The molecule has 162 valence electrons. The Kier molecular flexibility index (Phi) is 4.33. The summed E-state index contributed by atoms with van der Waals surface area (Å²) in [5, 5.41) is 7.46. The molecule has 1 aliphatic carbocycles. The fraction of sp³-hybridized carbons (Fsp3) is 0.286. The third-order valence-electron chi connectivity index (χ3n) is 5.98. The summed E-state index contributed by atoms with van der Waals surface area (Å²) in [5.41, 5.74) is 2.29. The fourth-order valence-corrected chi connectivity index (χ4v) is 4.28. The van der Waals surface area contributed by atoms with Gasteiger partial charge in [0.2, 0.25) is 5.95 Å². The molecule has 3 aromatic heterocycles. The van der Waals surface area contributed by atoms with Gasteiger partial charge in [-0.25, -0.2) is 33.4 Å². The molecule has 0 amide bonds. The second-order valence-corrected chi connectivity index (χ2v) is 8.10. The van der Waals surface area contributed by atoms with E-state index in [0.29, 0.717) is 36.4 Å². The molecule has 2 aliphatic rings. The number of hydrogen-bond donors (Lipinski definition) is 2. The highest BCUT2D eigenvalue weighted by Gasteiger charge is 2.30. The van der Waals surface area contributed by atoms with Crippen LogP contribution in [0.1, 0.15) is 17.2 Å². The van der Waals surface area contributed by atoms with E-state index in [4.69, 9.17) is 0 Å². The molecule has 6 rings (SSSR count). The molecule has 1 fully saturated rings. The van der Waals surface area contributed by atoms with E-state index < -0.39 is 11.6 Å². The predicted molar refractivity (Wildman–Crippen MR) is 112 cm³/mol. The minimum absolute atomic E-state index is 0.0246. The zero-order valence-electron chi connectivity index (χ0n) is 16.9. The lowest BCUT2D eigenvalue weighted by Gasteiger charge is -2.39. The van der Waals surface area contributed by atoms with Gasteiger partial charge in [0, 0.05) is 25.3 Å². The Hall–Kier alpha value is -3.89. The zero-order valence-corrected chi connectivity index (χ0v) is 16.9. The van der Waals surface area contributed by atoms with Gasteiger partial charge in [0.25, 0.3) is 0 Å². The number of benzene rings is 1. The highest BCUT2D eigenvalue weighted by molar-refractivity contribution is 5.56. The van der Waals surface area contributed by atoms with Gasteiger partial charge in [-0.3, -0.25) is 0 Å². The topological polar surface area (TPSA) is 100 Å².